The molecule has 0 saturated carbocycles. The molecule has 4 heteroatoms. The molecular formula is C12H23ClN2O. The molecule has 0 aromatic rings. The summed E-state index contributed by atoms with van der Waals surface area (Å²) in [6.45, 7) is 7.48. The van der Waals surface area contributed by atoms with Crippen molar-refractivity contribution in [2.45, 2.75) is 39.2 Å². The molecule has 0 aliphatic carbocycles. The Morgan fingerprint density at radius 3 is 2.62 bits per heavy atom. The number of nitrogens with zero attached hydrogens (tertiary/aromatic N) is 1. The average molecular weight is 247 g/mol. The summed E-state index contributed by atoms with van der Waals surface area (Å²) in [6, 6.07) is 0.121. The summed E-state index contributed by atoms with van der Waals surface area (Å²) in [5, 5.41) is 3.29. The zero-order chi connectivity index (χ0) is 10.8. The summed E-state index contributed by atoms with van der Waals surface area (Å²) in [5.41, 5.74) is 0. The van der Waals surface area contributed by atoms with Crippen molar-refractivity contribution in [3.8, 4) is 0 Å². The van der Waals surface area contributed by atoms with Crippen LogP contribution in [-0.2, 0) is 4.79 Å². The maximum atomic E-state index is 12.1. The van der Waals surface area contributed by atoms with Gasteiger partial charge in [-0.05, 0) is 37.6 Å². The van der Waals surface area contributed by atoms with Gasteiger partial charge in [0.25, 0.3) is 0 Å². The lowest BCUT2D eigenvalue weighted by molar-refractivity contribution is -0.132. The van der Waals surface area contributed by atoms with Gasteiger partial charge in [-0.15, -0.1) is 12.4 Å². The maximum absolute atomic E-state index is 12.1. The van der Waals surface area contributed by atoms with E-state index >= 15 is 0 Å². The standard InChI is InChI=1S/C12H22N2O.ClH/c1-9(2)10-5-7-14(8-10)12(15)11-4-3-6-13-11;/h9-11,13H,3-8H2,1-2H3;1H. The van der Waals surface area contributed by atoms with Crippen LogP contribution in [0, 0.1) is 11.8 Å². The highest BCUT2D eigenvalue weighted by molar-refractivity contribution is 5.85. The Bertz CT molecular complexity index is 239. The number of carbonyl (C=O) groups excluding carboxylic acids is 1. The van der Waals surface area contributed by atoms with Crippen molar-refractivity contribution in [1.29, 1.82) is 0 Å². The first kappa shape index (κ1) is 13.8. The van der Waals surface area contributed by atoms with Gasteiger partial charge in [-0.2, -0.15) is 0 Å². The minimum Gasteiger partial charge on any atom is -0.341 e. The summed E-state index contributed by atoms with van der Waals surface area (Å²) in [4.78, 5) is 14.1. The molecule has 0 radical (unpaired) electrons. The predicted molar refractivity (Wildman–Crippen MR) is 67.8 cm³/mol. The highest BCUT2D eigenvalue weighted by Crippen LogP contribution is 2.24. The second kappa shape index (κ2) is 5.87. The molecule has 3 nitrogen and oxygen atoms in total. The molecule has 94 valence electrons. The number of halogens is 1. The van der Waals surface area contributed by atoms with Gasteiger partial charge in [-0.3, -0.25) is 4.79 Å². The fourth-order valence-corrected chi connectivity index (χ4v) is 2.65. The zero-order valence-corrected chi connectivity index (χ0v) is 11.1. The minimum atomic E-state index is 0. The molecule has 2 aliphatic rings. The molecule has 2 unspecified atom stereocenters. The van der Waals surface area contributed by atoms with Gasteiger partial charge < -0.3 is 10.2 Å². The van der Waals surface area contributed by atoms with Crippen molar-refractivity contribution in [1.82, 2.24) is 10.2 Å². The van der Waals surface area contributed by atoms with Gasteiger partial charge in [-0.1, -0.05) is 13.8 Å². The van der Waals surface area contributed by atoms with Crippen molar-refractivity contribution in [2.24, 2.45) is 11.8 Å². The highest BCUT2D eigenvalue weighted by atomic mass is 35.5. The van der Waals surface area contributed by atoms with E-state index in [1.54, 1.807) is 0 Å². The van der Waals surface area contributed by atoms with Crippen LogP contribution in [0.2, 0.25) is 0 Å². The topological polar surface area (TPSA) is 32.3 Å². The molecule has 0 spiro atoms. The Balaban J connectivity index is 0.00000128. The SMILES string of the molecule is CC(C)C1CCN(C(=O)C2CCCN2)C1.Cl. The van der Waals surface area contributed by atoms with E-state index in [1.165, 1.54) is 6.42 Å². The molecule has 1 N–H and O–H groups in total. The minimum absolute atomic E-state index is 0. The number of carbonyl (C=O) groups is 1. The van der Waals surface area contributed by atoms with E-state index in [2.05, 4.69) is 24.1 Å². The van der Waals surface area contributed by atoms with Crippen LogP contribution < -0.4 is 5.32 Å². The summed E-state index contributed by atoms with van der Waals surface area (Å²) >= 11 is 0. The van der Waals surface area contributed by atoms with Crippen LogP contribution >= 0.6 is 12.4 Å². The molecule has 2 rings (SSSR count). The van der Waals surface area contributed by atoms with Crippen molar-refractivity contribution in [3.63, 3.8) is 0 Å². The van der Waals surface area contributed by atoms with E-state index < -0.39 is 0 Å². The third kappa shape index (κ3) is 2.89. The lowest BCUT2D eigenvalue weighted by Crippen LogP contribution is -2.42. The Morgan fingerprint density at radius 1 is 1.38 bits per heavy atom. The fraction of sp³-hybridized carbons (Fsp3) is 0.917. The first-order valence-electron chi connectivity index (χ1n) is 6.20. The Morgan fingerprint density at radius 2 is 2.12 bits per heavy atom. The molecule has 2 atom stereocenters. The zero-order valence-electron chi connectivity index (χ0n) is 10.2. The molecule has 0 bridgehead atoms. The van der Waals surface area contributed by atoms with Gasteiger partial charge in [0, 0.05) is 13.1 Å². The molecule has 2 saturated heterocycles. The van der Waals surface area contributed by atoms with Crippen molar-refractivity contribution < 1.29 is 4.79 Å². The summed E-state index contributed by atoms with van der Waals surface area (Å²) in [5.74, 6) is 1.77. The van der Waals surface area contributed by atoms with Gasteiger partial charge in [0.2, 0.25) is 5.91 Å². The van der Waals surface area contributed by atoms with Crippen LogP contribution in [0.5, 0.6) is 0 Å². The van der Waals surface area contributed by atoms with Gasteiger partial charge in [0.05, 0.1) is 6.04 Å². The monoisotopic (exact) mass is 246 g/mol. The van der Waals surface area contributed by atoms with Crippen molar-refractivity contribution in [2.75, 3.05) is 19.6 Å². The number of rotatable bonds is 2. The lowest BCUT2D eigenvalue weighted by Gasteiger charge is -2.21. The normalized spacial score (nSPS) is 29.6. The van der Waals surface area contributed by atoms with E-state index in [-0.39, 0.29) is 18.4 Å². The molecular weight excluding hydrogens is 224 g/mol. The highest BCUT2D eigenvalue weighted by Gasteiger charge is 2.32. The number of hydrogen-bond acceptors (Lipinski definition) is 2. The van der Waals surface area contributed by atoms with E-state index in [0.29, 0.717) is 11.8 Å². The Kier molecular flexibility index (Phi) is 5.06. The van der Waals surface area contributed by atoms with Gasteiger partial charge in [0.1, 0.15) is 0 Å². The number of hydrogen-bond donors (Lipinski definition) is 1. The molecule has 16 heavy (non-hydrogen) atoms. The van der Waals surface area contributed by atoms with Gasteiger partial charge in [-0.25, -0.2) is 0 Å². The van der Waals surface area contributed by atoms with E-state index in [0.717, 1.165) is 38.4 Å². The first-order valence-corrected chi connectivity index (χ1v) is 6.20. The van der Waals surface area contributed by atoms with Crippen LogP contribution in [0.3, 0.4) is 0 Å². The smallest absolute Gasteiger partial charge is 0.239 e. The summed E-state index contributed by atoms with van der Waals surface area (Å²) < 4.78 is 0. The van der Waals surface area contributed by atoms with Gasteiger partial charge in [0.15, 0.2) is 0 Å². The average Bonchev–Trinajstić information content (AvgIpc) is 2.88. The van der Waals surface area contributed by atoms with E-state index in [1.807, 2.05) is 0 Å². The molecule has 2 aliphatic heterocycles. The first-order chi connectivity index (χ1) is 7.18. The van der Waals surface area contributed by atoms with Crippen LogP contribution in [0.15, 0.2) is 0 Å². The fourth-order valence-electron chi connectivity index (χ4n) is 2.65. The van der Waals surface area contributed by atoms with Crippen molar-refractivity contribution >= 4 is 18.3 Å². The maximum Gasteiger partial charge on any atom is 0.239 e. The molecule has 0 aromatic carbocycles. The van der Waals surface area contributed by atoms with Crippen LogP contribution in [0.4, 0.5) is 0 Å². The Hall–Kier alpha value is -0.280. The third-order valence-electron chi connectivity index (χ3n) is 3.84. The Labute approximate surface area is 104 Å². The number of nitrogens with one attached hydrogen (secondary N) is 1. The van der Waals surface area contributed by atoms with Crippen LogP contribution in [0.25, 0.3) is 0 Å². The molecule has 2 heterocycles. The van der Waals surface area contributed by atoms with E-state index in [4.69, 9.17) is 0 Å². The largest absolute Gasteiger partial charge is 0.341 e. The summed E-state index contributed by atoms with van der Waals surface area (Å²) in [6.07, 6.45) is 3.37. The predicted octanol–water partition coefficient (Wildman–Crippen LogP) is 1.66. The second-order valence-corrected chi connectivity index (χ2v) is 5.23. The lowest BCUT2D eigenvalue weighted by atomic mass is 9.95. The molecule has 0 aromatic heterocycles. The number of amides is 1. The quantitative estimate of drug-likeness (QED) is 0.804. The molecule has 2 fully saturated rings. The van der Waals surface area contributed by atoms with Crippen LogP contribution in [0.1, 0.15) is 33.1 Å². The molecule has 1 amide bonds. The summed E-state index contributed by atoms with van der Waals surface area (Å²) in [7, 11) is 0. The number of likely N-dealkylation sites (tertiary alicyclic amines) is 1. The van der Waals surface area contributed by atoms with E-state index in [9.17, 15) is 4.79 Å². The second-order valence-electron chi connectivity index (χ2n) is 5.23. The third-order valence-corrected chi connectivity index (χ3v) is 3.84. The van der Waals surface area contributed by atoms with Crippen LogP contribution in [-0.4, -0.2) is 36.5 Å². The van der Waals surface area contributed by atoms with Gasteiger partial charge >= 0.3 is 0 Å². The van der Waals surface area contributed by atoms with Crippen molar-refractivity contribution in [3.05, 3.63) is 0 Å².